The molecule has 0 unspecified atom stereocenters. The maximum absolute atomic E-state index is 10.6. The second-order valence-electron chi connectivity index (χ2n) is 5.14. The van der Waals surface area contributed by atoms with Crippen molar-refractivity contribution in [2.75, 3.05) is 6.61 Å². The second kappa shape index (κ2) is 6.84. The number of aldehydes is 1. The average Bonchev–Trinajstić information content (AvgIpc) is 2.95. The van der Waals surface area contributed by atoms with Gasteiger partial charge < -0.3 is 10.2 Å². The van der Waals surface area contributed by atoms with E-state index >= 15 is 0 Å². The first-order valence-electron chi connectivity index (χ1n) is 6.62. The highest BCUT2D eigenvalue weighted by atomic mass is 35.5. The molecule has 2 rings (SSSR count). The smallest absolute Gasteiger partial charge is 0.160 e. The van der Waals surface area contributed by atoms with Crippen LogP contribution < -0.4 is 0 Å². The second-order valence-corrected chi connectivity index (χ2v) is 6.90. The zero-order valence-electron chi connectivity index (χ0n) is 10.7. The Kier molecular flexibility index (Phi) is 5.39. The van der Waals surface area contributed by atoms with Crippen molar-refractivity contribution in [1.82, 2.24) is 0 Å². The maximum Gasteiger partial charge on any atom is 0.160 e. The fourth-order valence-corrected chi connectivity index (χ4v) is 4.25. The van der Waals surface area contributed by atoms with Gasteiger partial charge in [0.25, 0.3) is 0 Å². The first-order chi connectivity index (χ1) is 9.15. The Morgan fingerprint density at radius 3 is 2.84 bits per heavy atom. The van der Waals surface area contributed by atoms with E-state index < -0.39 is 6.10 Å². The molecule has 106 valence electrons. The number of halogens is 1. The monoisotopic (exact) mass is 302 g/mol. The largest absolute Gasteiger partial charge is 0.396 e. The first-order valence-corrected chi connectivity index (χ1v) is 7.88. The van der Waals surface area contributed by atoms with Gasteiger partial charge in [-0.3, -0.25) is 4.79 Å². The lowest BCUT2D eigenvalue weighted by Crippen LogP contribution is -2.24. The molecule has 0 bridgehead atoms. The molecule has 0 radical (unpaired) electrons. The number of aliphatic hydroxyl groups is 2. The van der Waals surface area contributed by atoms with Gasteiger partial charge in [0.2, 0.25) is 0 Å². The van der Waals surface area contributed by atoms with Gasteiger partial charge in [0.05, 0.1) is 11.0 Å². The van der Waals surface area contributed by atoms with Crippen LogP contribution in [-0.2, 0) is 6.42 Å². The highest BCUT2D eigenvalue weighted by molar-refractivity contribution is 7.13. The van der Waals surface area contributed by atoms with Gasteiger partial charge in [-0.25, -0.2) is 0 Å². The molecule has 1 saturated carbocycles. The fourth-order valence-electron chi connectivity index (χ4n) is 2.89. The number of rotatable bonds is 6. The van der Waals surface area contributed by atoms with Crippen molar-refractivity contribution < 1.29 is 15.0 Å². The average molecular weight is 303 g/mol. The number of carbonyl (C=O) groups is 1. The lowest BCUT2D eigenvalue weighted by molar-refractivity contribution is 0.0700. The molecular formula is C14H19ClO3S. The molecule has 1 aromatic rings. The van der Waals surface area contributed by atoms with E-state index in [-0.39, 0.29) is 23.8 Å². The Labute approximate surface area is 122 Å². The third-order valence-electron chi connectivity index (χ3n) is 3.95. The lowest BCUT2D eigenvalue weighted by atomic mass is 9.90. The summed E-state index contributed by atoms with van der Waals surface area (Å²) in [5, 5.41) is 19.1. The summed E-state index contributed by atoms with van der Waals surface area (Å²) in [6.07, 6.45) is 3.78. The van der Waals surface area contributed by atoms with E-state index in [1.165, 1.54) is 16.2 Å². The van der Waals surface area contributed by atoms with Crippen LogP contribution in [0.3, 0.4) is 0 Å². The third-order valence-corrected chi connectivity index (χ3v) is 5.52. The molecule has 1 heterocycles. The van der Waals surface area contributed by atoms with E-state index in [0.29, 0.717) is 6.42 Å². The van der Waals surface area contributed by atoms with Crippen molar-refractivity contribution in [1.29, 1.82) is 0 Å². The number of aryl methyl sites for hydroxylation is 1. The molecule has 4 atom stereocenters. The number of alkyl halides is 1. The summed E-state index contributed by atoms with van der Waals surface area (Å²) in [6.45, 7) is 0.00332. The van der Waals surface area contributed by atoms with E-state index in [9.17, 15) is 15.0 Å². The van der Waals surface area contributed by atoms with Crippen LogP contribution in [0.2, 0.25) is 0 Å². The van der Waals surface area contributed by atoms with E-state index in [1.54, 1.807) is 0 Å². The summed E-state index contributed by atoms with van der Waals surface area (Å²) in [5.41, 5.74) is 0. The minimum absolute atomic E-state index is 0.00332. The zero-order chi connectivity index (χ0) is 13.8. The van der Waals surface area contributed by atoms with Crippen molar-refractivity contribution in [2.24, 2.45) is 11.8 Å². The number of hydrogen-bond donors (Lipinski definition) is 2. The van der Waals surface area contributed by atoms with Crippen molar-refractivity contribution in [3.05, 3.63) is 21.9 Å². The summed E-state index contributed by atoms with van der Waals surface area (Å²) < 4.78 is 0. The predicted molar refractivity (Wildman–Crippen MR) is 77.0 cm³/mol. The van der Waals surface area contributed by atoms with Crippen LogP contribution in [0.15, 0.2) is 12.1 Å². The topological polar surface area (TPSA) is 57.5 Å². The van der Waals surface area contributed by atoms with Crippen LogP contribution in [0.1, 0.15) is 33.8 Å². The van der Waals surface area contributed by atoms with E-state index in [0.717, 1.165) is 30.4 Å². The van der Waals surface area contributed by atoms with Crippen molar-refractivity contribution in [2.45, 2.75) is 37.2 Å². The molecule has 1 aliphatic carbocycles. The molecule has 1 aromatic heterocycles. The minimum Gasteiger partial charge on any atom is -0.396 e. The van der Waals surface area contributed by atoms with Gasteiger partial charge in [0.15, 0.2) is 6.29 Å². The molecule has 2 N–H and O–H groups in total. The van der Waals surface area contributed by atoms with E-state index in [1.807, 2.05) is 12.1 Å². The Morgan fingerprint density at radius 1 is 1.42 bits per heavy atom. The predicted octanol–water partition coefficient (Wildman–Crippen LogP) is 2.48. The molecule has 0 saturated heterocycles. The van der Waals surface area contributed by atoms with Gasteiger partial charge in [-0.2, -0.15) is 0 Å². The van der Waals surface area contributed by atoms with Gasteiger partial charge in [-0.15, -0.1) is 22.9 Å². The Balaban J connectivity index is 1.83. The van der Waals surface area contributed by atoms with Crippen LogP contribution in [0.5, 0.6) is 0 Å². The Bertz CT molecular complexity index is 421. The van der Waals surface area contributed by atoms with Gasteiger partial charge in [0, 0.05) is 22.8 Å². The first kappa shape index (κ1) is 15.0. The van der Waals surface area contributed by atoms with Crippen LogP contribution in [0.25, 0.3) is 0 Å². The van der Waals surface area contributed by atoms with Crippen LogP contribution in [0.4, 0.5) is 0 Å². The van der Waals surface area contributed by atoms with E-state index in [4.69, 9.17) is 11.6 Å². The number of thiophene rings is 1. The summed E-state index contributed by atoms with van der Waals surface area (Å²) in [5.74, 6) is 0.101. The molecule has 0 spiro atoms. The molecule has 5 heteroatoms. The highest BCUT2D eigenvalue weighted by Gasteiger charge is 2.40. The minimum atomic E-state index is -0.471. The zero-order valence-corrected chi connectivity index (χ0v) is 12.2. The standard InChI is InChI=1S/C14H19ClO3S/c15-13-6-14(18)12(8-17)11(13)3-1-2-9-4-5-10(7-16)19-9/h4-5,7,11-14,17-18H,1-3,6,8H2/t11-,12-,13-,14-/m1/s1. The molecular weight excluding hydrogens is 284 g/mol. The van der Waals surface area contributed by atoms with Crippen LogP contribution >= 0.6 is 22.9 Å². The van der Waals surface area contributed by atoms with E-state index in [2.05, 4.69) is 0 Å². The Hall–Kier alpha value is -0.420. The molecule has 3 nitrogen and oxygen atoms in total. The van der Waals surface area contributed by atoms with Gasteiger partial charge >= 0.3 is 0 Å². The van der Waals surface area contributed by atoms with Crippen molar-refractivity contribution in [3.8, 4) is 0 Å². The molecule has 0 aromatic carbocycles. The maximum atomic E-state index is 10.6. The third kappa shape index (κ3) is 3.57. The van der Waals surface area contributed by atoms with Gasteiger partial charge in [-0.05, 0) is 43.7 Å². The molecule has 0 amide bonds. The highest BCUT2D eigenvalue weighted by Crippen LogP contribution is 2.39. The molecule has 19 heavy (non-hydrogen) atoms. The summed E-state index contributed by atoms with van der Waals surface area (Å²) in [7, 11) is 0. The lowest BCUT2D eigenvalue weighted by Gasteiger charge is -2.21. The quantitative estimate of drug-likeness (QED) is 0.627. The van der Waals surface area contributed by atoms with Crippen LogP contribution in [-0.4, -0.2) is 34.6 Å². The molecule has 1 aliphatic rings. The number of aliphatic hydroxyl groups excluding tert-OH is 2. The fraction of sp³-hybridized carbons (Fsp3) is 0.643. The SMILES string of the molecule is O=Cc1ccc(CCC[C@@H]2[C@@H](CO)[C@H](O)C[C@H]2Cl)s1. The Morgan fingerprint density at radius 2 is 2.21 bits per heavy atom. The van der Waals surface area contributed by atoms with Crippen LogP contribution in [0, 0.1) is 11.8 Å². The van der Waals surface area contributed by atoms with Gasteiger partial charge in [-0.1, -0.05) is 0 Å². The molecule has 1 fully saturated rings. The van der Waals surface area contributed by atoms with Crippen molar-refractivity contribution in [3.63, 3.8) is 0 Å². The summed E-state index contributed by atoms with van der Waals surface area (Å²) >= 11 is 7.76. The molecule has 0 aliphatic heterocycles. The summed E-state index contributed by atoms with van der Waals surface area (Å²) in [4.78, 5) is 12.6. The normalized spacial score (nSPS) is 30.7. The number of hydrogen-bond acceptors (Lipinski definition) is 4. The van der Waals surface area contributed by atoms with Crippen molar-refractivity contribution >= 4 is 29.2 Å². The number of carbonyl (C=O) groups excluding carboxylic acids is 1. The van der Waals surface area contributed by atoms with Gasteiger partial charge in [0.1, 0.15) is 0 Å². The summed E-state index contributed by atoms with van der Waals surface area (Å²) in [6, 6.07) is 3.83.